The van der Waals surface area contributed by atoms with Crippen molar-refractivity contribution >= 4 is 10.0 Å². The Labute approximate surface area is 109 Å². The van der Waals surface area contributed by atoms with Crippen LogP contribution in [0.1, 0.15) is 23.6 Å². The highest BCUT2D eigenvalue weighted by Gasteiger charge is 2.18. The van der Waals surface area contributed by atoms with Crippen molar-refractivity contribution in [2.45, 2.75) is 32.6 Å². The molecule has 2 N–H and O–H groups in total. The minimum Gasteiger partial charge on any atom is -0.489 e. The summed E-state index contributed by atoms with van der Waals surface area (Å²) in [5.41, 5.74) is 3.07. The number of sulfonamides is 1. The van der Waals surface area contributed by atoms with Gasteiger partial charge in [-0.3, -0.25) is 0 Å². The van der Waals surface area contributed by atoms with Crippen LogP contribution < -0.4 is 9.88 Å². The van der Waals surface area contributed by atoms with Crippen molar-refractivity contribution in [1.82, 2.24) is 0 Å². The molecule has 0 fully saturated rings. The van der Waals surface area contributed by atoms with Crippen molar-refractivity contribution in [1.29, 1.82) is 0 Å². The van der Waals surface area contributed by atoms with E-state index < -0.39 is 10.0 Å². The number of ether oxygens (including phenoxy) is 1. The van der Waals surface area contributed by atoms with E-state index in [2.05, 4.69) is 6.58 Å². The molecule has 0 aliphatic rings. The summed E-state index contributed by atoms with van der Waals surface area (Å²) >= 11 is 0. The summed E-state index contributed by atoms with van der Waals surface area (Å²) < 4.78 is 28.6. The lowest BCUT2D eigenvalue weighted by atomic mass is 10.1. The lowest BCUT2D eigenvalue weighted by Gasteiger charge is -2.16. The number of hydrogen-bond donors (Lipinski definition) is 1. The molecule has 0 radical (unpaired) electrons. The van der Waals surface area contributed by atoms with Crippen molar-refractivity contribution in [3.63, 3.8) is 0 Å². The molecule has 0 saturated carbocycles. The van der Waals surface area contributed by atoms with Crippen LogP contribution in [0.15, 0.2) is 23.1 Å². The number of nitrogens with two attached hydrogens (primary N) is 1. The van der Waals surface area contributed by atoms with Crippen LogP contribution in [-0.2, 0) is 10.0 Å². The molecule has 5 heteroatoms. The zero-order valence-corrected chi connectivity index (χ0v) is 12.0. The Bertz CT molecular complexity index is 589. The van der Waals surface area contributed by atoms with Gasteiger partial charge < -0.3 is 4.74 Å². The van der Waals surface area contributed by atoms with Crippen LogP contribution in [0.2, 0.25) is 0 Å². The first-order valence-electron chi connectivity index (χ1n) is 5.55. The first-order valence-corrected chi connectivity index (χ1v) is 7.10. The number of rotatable bonds is 4. The molecule has 18 heavy (non-hydrogen) atoms. The third kappa shape index (κ3) is 3.11. The molecule has 0 bridgehead atoms. The molecular formula is C13H19NO3S. The topological polar surface area (TPSA) is 69.4 Å². The van der Waals surface area contributed by atoms with Crippen molar-refractivity contribution in [2.75, 3.05) is 6.61 Å². The Morgan fingerprint density at radius 3 is 2.33 bits per heavy atom. The van der Waals surface area contributed by atoms with Crippen LogP contribution in [0.25, 0.3) is 0 Å². The van der Waals surface area contributed by atoms with Gasteiger partial charge in [0, 0.05) is 0 Å². The Balaban J connectivity index is 3.34. The smallest absolute Gasteiger partial charge is 0.238 e. The van der Waals surface area contributed by atoms with Gasteiger partial charge >= 0.3 is 0 Å². The quantitative estimate of drug-likeness (QED) is 0.852. The number of benzene rings is 1. The molecule has 1 rings (SSSR count). The van der Waals surface area contributed by atoms with Gasteiger partial charge in [0.1, 0.15) is 12.4 Å². The molecule has 0 atom stereocenters. The SMILES string of the molecule is C=C(C)COc1c(C)cc(S(N)(=O)=O)c(C)c1C. The van der Waals surface area contributed by atoms with Crippen LogP contribution >= 0.6 is 0 Å². The van der Waals surface area contributed by atoms with Crippen molar-refractivity contribution in [3.05, 3.63) is 34.9 Å². The molecule has 1 aromatic rings. The van der Waals surface area contributed by atoms with Crippen LogP contribution in [0.3, 0.4) is 0 Å². The maximum Gasteiger partial charge on any atom is 0.238 e. The normalized spacial score (nSPS) is 11.4. The highest BCUT2D eigenvalue weighted by atomic mass is 32.2. The Morgan fingerprint density at radius 2 is 1.89 bits per heavy atom. The van der Waals surface area contributed by atoms with E-state index >= 15 is 0 Å². The molecule has 1 aromatic carbocycles. The fourth-order valence-electron chi connectivity index (χ4n) is 1.73. The van der Waals surface area contributed by atoms with Gasteiger partial charge in [0.25, 0.3) is 0 Å². The fourth-order valence-corrected chi connectivity index (χ4v) is 2.66. The van der Waals surface area contributed by atoms with Gasteiger partial charge in [-0.1, -0.05) is 6.58 Å². The molecule has 0 heterocycles. The lowest BCUT2D eigenvalue weighted by Crippen LogP contribution is -2.15. The molecule has 4 nitrogen and oxygen atoms in total. The third-order valence-electron chi connectivity index (χ3n) is 2.75. The first kappa shape index (κ1) is 14.7. The van der Waals surface area contributed by atoms with Crippen molar-refractivity contribution in [3.8, 4) is 5.75 Å². The third-order valence-corrected chi connectivity index (χ3v) is 3.78. The zero-order chi connectivity index (χ0) is 14.1. The Morgan fingerprint density at radius 1 is 1.33 bits per heavy atom. The second-order valence-electron chi connectivity index (χ2n) is 4.56. The Kier molecular flexibility index (Phi) is 4.19. The summed E-state index contributed by atoms with van der Waals surface area (Å²) in [6.45, 7) is 11.4. The van der Waals surface area contributed by atoms with Gasteiger partial charge in [0.05, 0.1) is 4.90 Å². The second kappa shape index (κ2) is 5.12. The molecule has 0 aliphatic heterocycles. The second-order valence-corrected chi connectivity index (χ2v) is 6.09. The van der Waals surface area contributed by atoms with Gasteiger partial charge in [-0.2, -0.15) is 0 Å². The van der Waals surface area contributed by atoms with Gasteiger partial charge in [-0.25, -0.2) is 13.6 Å². The van der Waals surface area contributed by atoms with Crippen molar-refractivity contribution in [2.24, 2.45) is 5.14 Å². The molecule has 0 unspecified atom stereocenters. The maximum absolute atomic E-state index is 11.5. The number of primary sulfonamides is 1. The van der Waals surface area contributed by atoms with E-state index in [0.717, 1.165) is 16.7 Å². The minimum atomic E-state index is -3.70. The van der Waals surface area contributed by atoms with Crippen LogP contribution in [0.4, 0.5) is 0 Å². The predicted molar refractivity (Wildman–Crippen MR) is 72.3 cm³/mol. The summed E-state index contributed by atoms with van der Waals surface area (Å²) in [5.74, 6) is 0.697. The largest absolute Gasteiger partial charge is 0.489 e. The van der Waals surface area contributed by atoms with Crippen LogP contribution in [0, 0.1) is 20.8 Å². The van der Waals surface area contributed by atoms with Gasteiger partial charge in [0.2, 0.25) is 10.0 Å². The molecule has 0 saturated heterocycles. The standard InChI is InChI=1S/C13H19NO3S/c1-8(2)7-17-13-9(3)6-12(18(14,15)16)10(4)11(13)5/h6H,1,7H2,2-5H3,(H2,14,15,16). The molecular weight excluding hydrogens is 250 g/mol. The number of hydrogen-bond acceptors (Lipinski definition) is 3. The van der Waals surface area contributed by atoms with E-state index in [0.29, 0.717) is 17.9 Å². The summed E-state index contributed by atoms with van der Waals surface area (Å²) in [4.78, 5) is 0.153. The predicted octanol–water partition coefficient (Wildman–Crippen LogP) is 2.21. The summed E-state index contributed by atoms with van der Waals surface area (Å²) in [6.07, 6.45) is 0. The average molecular weight is 269 g/mol. The summed E-state index contributed by atoms with van der Waals surface area (Å²) in [6, 6.07) is 1.55. The van der Waals surface area contributed by atoms with E-state index in [-0.39, 0.29) is 4.90 Å². The average Bonchev–Trinajstić information content (AvgIpc) is 2.21. The van der Waals surface area contributed by atoms with Gasteiger partial charge in [0.15, 0.2) is 0 Å². The maximum atomic E-state index is 11.5. The first-order chi connectivity index (χ1) is 8.14. The van der Waals surface area contributed by atoms with Gasteiger partial charge in [-0.05, 0) is 56.0 Å². The molecule has 0 aromatic heterocycles. The van der Waals surface area contributed by atoms with Crippen molar-refractivity contribution < 1.29 is 13.2 Å². The molecule has 100 valence electrons. The minimum absolute atomic E-state index is 0.153. The number of aryl methyl sites for hydroxylation is 1. The fraction of sp³-hybridized carbons (Fsp3) is 0.385. The van der Waals surface area contributed by atoms with E-state index in [1.165, 1.54) is 0 Å². The monoisotopic (exact) mass is 269 g/mol. The van der Waals surface area contributed by atoms with Crippen LogP contribution in [0.5, 0.6) is 5.75 Å². The van der Waals surface area contributed by atoms with E-state index in [4.69, 9.17) is 9.88 Å². The molecule has 0 amide bonds. The molecule has 0 aliphatic carbocycles. The van der Waals surface area contributed by atoms with E-state index in [9.17, 15) is 8.42 Å². The zero-order valence-electron chi connectivity index (χ0n) is 11.2. The summed E-state index contributed by atoms with van der Waals surface area (Å²) in [7, 11) is -3.70. The van der Waals surface area contributed by atoms with E-state index in [1.54, 1.807) is 19.9 Å². The highest BCUT2D eigenvalue weighted by Crippen LogP contribution is 2.30. The highest BCUT2D eigenvalue weighted by molar-refractivity contribution is 7.89. The van der Waals surface area contributed by atoms with Gasteiger partial charge in [-0.15, -0.1) is 0 Å². The van der Waals surface area contributed by atoms with E-state index in [1.807, 2.05) is 13.8 Å². The Hall–Kier alpha value is -1.33. The molecule has 0 spiro atoms. The summed E-state index contributed by atoms with van der Waals surface area (Å²) in [5, 5.41) is 5.18. The van der Waals surface area contributed by atoms with Crippen LogP contribution in [-0.4, -0.2) is 15.0 Å². The lowest BCUT2D eigenvalue weighted by molar-refractivity contribution is 0.347.